The minimum absolute atomic E-state index is 0.127. The Labute approximate surface area is 97.3 Å². The van der Waals surface area contributed by atoms with Gasteiger partial charge in [-0.15, -0.1) is 0 Å². The molecule has 2 unspecified atom stereocenters. The van der Waals surface area contributed by atoms with Crippen LogP contribution in [-0.2, 0) is 0 Å². The normalized spacial score (nSPS) is 27.3. The number of aliphatic hydroxyl groups excluding tert-OH is 1. The van der Waals surface area contributed by atoms with Gasteiger partial charge in [-0.25, -0.2) is 0 Å². The SMILES string of the molecule is Cc1cc(C)cc(OC2CC(O)C2(C)C)c1. The molecule has 1 aromatic carbocycles. The molecule has 0 amide bonds. The van der Waals surface area contributed by atoms with E-state index in [4.69, 9.17) is 4.74 Å². The van der Waals surface area contributed by atoms with Crippen molar-refractivity contribution in [1.29, 1.82) is 0 Å². The van der Waals surface area contributed by atoms with Crippen LogP contribution in [-0.4, -0.2) is 17.3 Å². The molecule has 0 aliphatic heterocycles. The third-order valence-corrected chi connectivity index (χ3v) is 3.60. The summed E-state index contributed by atoms with van der Waals surface area (Å²) in [6.45, 7) is 8.24. The molecule has 0 spiro atoms. The van der Waals surface area contributed by atoms with Crippen molar-refractivity contribution >= 4 is 0 Å². The minimum atomic E-state index is -0.233. The fraction of sp³-hybridized carbons (Fsp3) is 0.571. The number of aryl methyl sites for hydroxylation is 2. The van der Waals surface area contributed by atoms with Gasteiger partial charge in [-0.3, -0.25) is 0 Å². The molecule has 1 fully saturated rings. The fourth-order valence-corrected chi connectivity index (χ4v) is 2.23. The Morgan fingerprint density at radius 2 is 1.75 bits per heavy atom. The highest BCUT2D eigenvalue weighted by Gasteiger charge is 2.49. The van der Waals surface area contributed by atoms with Crippen molar-refractivity contribution < 1.29 is 9.84 Å². The summed E-state index contributed by atoms with van der Waals surface area (Å²) in [6, 6.07) is 6.23. The molecule has 1 saturated carbocycles. The van der Waals surface area contributed by atoms with Gasteiger partial charge in [0.1, 0.15) is 11.9 Å². The molecule has 16 heavy (non-hydrogen) atoms. The van der Waals surface area contributed by atoms with Crippen molar-refractivity contribution in [3.05, 3.63) is 29.3 Å². The largest absolute Gasteiger partial charge is 0.490 e. The van der Waals surface area contributed by atoms with Gasteiger partial charge >= 0.3 is 0 Å². The Kier molecular flexibility index (Phi) is 2.70. The van der Waals surface area contributed by atoms with Crippen molar-refractivity contribution in [2.45, 2.75) is 46.3 Å². The van der Waals surface area contributed by atoms with Crippen molar-refractivity contribution in [1.82, 2.24) is 0 Å². The molecule has 2 heteroatoms. The number of hydrogen-bond acceptors (Lipinski definition) is 2. The second-order valence-corrected chi connectivity index (χ2v) is 5.50. The molecule has 1 N–H and O–H groups in total. The van der Waals surface area contributed by atoms with Crippen molar-refractivity contribution in [2.24, 2.45) is 5.41 Å². The first-order valence-corrected chi connectivity index (χ1v) is 5.82. The first-order chi connectivity index (χ1) is 7.39. The highest BCUT2D eigenvalue weighted by Crippen LogP contribution is 2.43. The molecule has 88 valence electrons. The summed E-state index contributed by atoms with van der Waals surface area (Å²) in [5.74, 6) is 0.919. The molecule has 0 aromatic heterocycles. The van der Waals surface area contributed by atoms with Gasteiger partial charge in [0.05, 0.1) is 6.10 Å². The van der Waals surface area contributed by atoms with Crippen LogP contribution >= 0.6 is 0 Å². The maximum atomic E-state index is 9.65. The van der Waals surface area contributed by atoms with Crippen LogP contribution in [0.25, 0.3) is 0 Å². The predicted molar refractivity (Wildman–Crippen MR) is 64.7 cm³/mol. The molecule has 2 nitrogen and oxygen atoms in total. The van der Waals surface area contributed by atoms with Crippen LogP contribution in [0.1, 0.15) is 31.4 Å². The number of rotatable bonds is 2. The van der Waals surface area contributed by atoms with E-state index in [2.05, 4.69) is 33.8 Å². The number of aliphatic hydroxyl groups is 1. The molecule has 0 radical (unpaired) electrons. The maximum absolute atomic E-state index is 9.65. The van der Waals surface area contributed by atoms with E-state index in [1.165, 1.54) is 11.1 Å². The van der Waals surface area contributed by atoms with Crippen LogP contribution < -0.4 is 4.74 Å². The third-order valence-electron chi connectivity index (χ3n) is 3.60. The van der Waals surface area contributed by atoms with Gasteiger partial charge in [-0.1, -0.05) is 19.9 Å². The maximum Gasteiger partial charge on any atom is 0.120 e. The lowest BCUT2D eigenvalue weighted by atomic mass is 9.66. The Morgan fingerprint density at radius 1 is 1.19 bits per heavy atom. The number of hydrogen-bond donors (Lipinski definition) is 1. The van der Waals surface area contributed by atoms with E-state index in [1.54, 1.807) is 0 Å². The summed E-state index contributed by atoms with van der Waals surface area (Å²) < 4.78 is 5.94. The van der Waals surface area contributed by atoms with Crippen molar-refractivity contribution in [3.63, 3.8) is 0 Å². The van der Waals surface area contributed by atoms with E-state index in [1.807, 2.05) is 12.1 Å². The molecule has 0 bridgehead atoms. The van der Waals surface area contributed by atoms with Gasteiger partial charge in [0.15, 0.2) is 0 Å². The third kappa shape index (κ3) is 1.94. The zero-order valence-corrected chi connectivity index (χ0v) is 10.4. The van der Waals surface area contributed by atoms with E-state index >= 15 is 0 Å². The van der Waals surface area contributed by atoms with Gasteiger partial charge in [-0.05, 0) is 37.1 Å². The van der Waals surface area contributed by atoms with Crippen LogP contribution in [0.3, 0.4) is 0 Å². The Balaban J connectivity index is 2.11. The van der Waals surface area contributed by atoms with Crippen LogP contribution in [0.2, 0.25) is 0 Å². The summed E-state index contributed by atoms with van der Waals surface area (Å²) in [5, 5.41) is 9.65. The van der Waals surface area contributed by atoms with Crippen LogP contribution in [0.4, 0.5) is 0 Å². The topological polar surface area (TPSA) is 29.5 Å². The van der Waals surface area contributed by atoms with Crippen LogP contribution in [0.15, 0.2) is 18.2 Å². The highest BCUT2D eigenvalue weighted by atomic mass is 16.5. The Hall–Kier alpha value is -1.02. The number of benzene rings is 1. The minimum Gasteiger partial charge on any atom is -0.490 e. The highest BCUT2D eigenvalue weighted by molar-refractivity contribution is 5.33. The quantitative estimate of drug-likeness (QED) is 0.830. The average Bonchev–Trinajstić information content (AvgIpc) is 2.15. The van der Waals surface area contributed by atoms with Gasteiger partial charge in [0, 0.05) is 11.8 Å². The molecule has 1 aliphatic rings. The molecule has 1 aliphatic carbocycles. The zero-order chi connectivity index (χ0) is 11.9. The summed E-state index contributed by atoms with van der Waals surface area (Å²) >= 11 is 0. The molecule has 0 heterocycles. The van der Waals surface area contributed by atoms with E-state index in [0.717, 1.165) is 12.2 Å². The van der Waals surface area contributed by atoms with E-state index in [-0.39, 0.29) is 17.6 Å². The average molecular weight is 220 g/mol. The smallest absolute Gasteiger partial charge is 0.120 e. The second-order valence-electron chi connectivity index (χ2n) is 5.50. The molecule has 2 rings (SSSR count). The standard InChI is InChI=1S/C14H20O2/c1-9-5-10(2)7-11(6-9)16-13-8-12(15)14(13,3)4/h5-7,12-13,15H,8H2,1-4H3. The molecule has 1 aromatic rings. The van der Waals surface area contributed by atoms with E-state index < -0.39 is 0 Å². The van der Waals surface area contributed by atoms with E-state index in [9.17, 15) is 5.11 Å². The molecule has 2 atom stereocenters. The lowest BCUT2D eigenvalue weighted by molar-refractivity contribution is -0.134. The Bertz CT molecular complexity index is 375. The van der Waals surface area contributed by atoms with Crippen LogP contribution in [0.5, 0.6) is 5.75 Å². The second kappa shape index (κ2) is 3.77. The Morgan fingerprint density at radius 3 is 2.19 bits per heavy atom. The lowest BCUT2D eigenvalue weighted by Gasteiger charge is -2.48. The fourth-order valence-electron chi connectivity index (χ4n) is 2.23. The number of ether oxygens (including phenoxy) is 1. The lowest BCUT2D eigenvalue weighted by Crippen LogP contribution is -2.56. The molecular weight excluding hydrogens is 200 g/mol. The van der Waals surface area contributed by atoms with Crippen molar-refractivity contribution in [2.75, 3.05) is 0 Å². The summed E-state index contributed by atoms with van der Waals surface area (Å²) in [4.78, 5) is 0. The van der Waals surface area contributed by atoms with E-state index in [0.29, 0.717) is 0 Å². The van der Waals surface area contributed by atoms with Gasteiger partial charge in [-0.2, -0.15) is 0 Å². The summed E-state index contributed by atoms with van der Waals surface area (Å²) in [6.07, 6.45) is 0.632. The first kappa shape index (κ1) is 11.5. The summed E-state index contributed by atoms with van der Waals surface area (Å²) in [7, 11) is 0. The summed E-state index contributed by atoms with van der Waals surface area (Å²) in [5.41, 5.74) is 2.30. The monoisotopic (exact) mass is 220 g/mol. The van der Waals surface area contributed by atoms with Gasteiger partial charge < -0.3 is 9.84 Å². The van der Waals surface area contributed by atoms with Crippen molar-refractivity contribution in [3.8, 4) is 5.75 Å². The molecule has 0 saturated heterocycles. The van der Waals surface area contributed by atoms with Gasteiger partial charge in [0.2, 0.25) is 0 Å². The molecular formula is C14H20O2. The zero-order valence-electron chi connectivity index (χ0n) is 10.4. The van der Waals surface area contributed by atoms with Gasteiger partial charge in [0.25, 0.3) is 0 Å². The first-order valence-electron chi connectivity index (χ1n) is 5.82. The van der Waals surface area contributed by atoms with Crippen LogP contribution in [0, 0.1) is 19.3 Å². The predicted octanol–water partition coefficient (Wildman–Crippen LogP) is 2.84.